The van der Waals surface area contributed by atoms with Crippen molar-refractivity contribution < 1.29 is 4.74 Å². The molecule has 2 aromatic rings. The highest BCUT2D eigenvalue weighted by Gasteiger charge is 2.16. The Bertz CT molecular complexity index is 573. The summed E-state index contributed by atoms with van der Waals surface area (Å²) in [4.78, 5) is 0. The molecule has 4 nitrogen and oxygen atoms in total. The van der Waals surface area contributed by atoms with Crippen molar-refractivity contribution >= 4 is 0 Å². The molecule has 0 unspecified atom stereocenters. The van der Waals surface area contributed by atoms with Crippen molar-refractivity contribution in [2.75, 3.05) is 7.11 Å². The lowest BCUT2D eigenvalue weighted by Gasteiger charge is -2.12. The zero-order valence-corrected chi connectivity index (χ0v) is 11.9. The molecule has 1 aromatic carbocycles. The quantitative estimate of drug-likeness (QED) is 0.887. The number of nitrogens with two attached hydrogens (primary N) is 1. The van der Waals surface area contributed by atoms with Gasteiger partial charge in [0.05, 0.1) is 7.11 Å². The molecule has 4 heteroatoms. The summed E-state index contributed by atoms with van der Waals surface area (Å²) in [6, 6.07) is 6.22. The van der Waals surface area contributed by atoms with Crippen LogP contribution in [0.15, 0.2) is 18.2 Å². The first kappa shape index (κ1) is 13.6. The molecule has 0 radical (unpaired) electrons. The van der Waals surface area contributed by atoms with Crippen LogP contribution in [0.5, 0.6) is 5.75 Å². The zero-order valence-electron chi connectivity index (χ0n) is 11.9. The number of ether oxygens (including phenoxy) is 1. The van der Waals surface area contributed by atoms with Gasteiger partial charge in [0.25, 0.3) is 0 Å². The fraction of sp³-hybridized carbons (Fsp3) is 0.400. The van der Waals surface area contributed by atoms with Gasteiger partial charge < -0.3 is 10.5 Å². The van der Waals surface area contributed by atoms with Crippen LogP contribution in [0.2, 0.25) is 0 Å². The maximum atomic E-state index is 5.82. The first-order chi connectivity index (χ1) is 9.08. The number of rotatable bonds is 4. The van der Waals surface area contributed by atoms with E-state index in [9.17, 15) is 0 Å². The Balaban J connectivity index is 2.61. The highest BCUT2D eigenvalue weighted by Crippen LogP contribution is 2.34. The molecule has 0 spiro atoms. The van der Waals surface area contributed by atoms with Crippen molar-refractivity contribution in [3.05, 3.63) is 35.0 Å². The number of benzene rings is 1. The number of nitrogens with one attached hydrogen (secondary N) is 1. The van der Waals surface area contributed by atoms with E-state index < -0.39 is 0 Å². The molecule has 19 heavy (non-hydrogen) atoms. The largest absolute Gasteiger partial charge is 0.496 e. The average Bonchev–Trinajstić information content (AvgIpc) is 2.78. The molecule has 1 heterocycles. The highest BCUT2D eigenvalue weighted by atomic mass is 16.5. The van der Waals surface area contributed by atoms with Gasteiger partial charge in [0.1, 0.15) is 11.4 Å². The molecule has 0 atom stereocenters. The Labute approximate surface area is 114 Å². The van der Waals surface area contributed by atoms with E-state index in [0.717, 1.165) is 28.3 Å². The molecule has 3 N–H and O–H groups in total. The van der Waals surface area contributed by atoms with E-state index in [1.165, 1.54) is 5.56 Å². The van der Waals surface area contributed by atoms with Gasteiger partial charge in [0.15, 0.2) is 0 Å². The molecule has 102 valence electrons. The van der Waals surface area contributed by atoms with Crippen LogP contribution in [0.3, 0.4) is 0 Å². The van der Waals surface area contributed by atoms with Crippen LogP contribution in [0.1, 0.15) is 36.6 Å². The number of H-pyrrole nitrogens is 1. The lowest BCUT2D eigenvalue weighted by molar-refractivity contribution is 0.416. The smallest absolute Gasteiger partial charge is 0.128 e. The predicted molar refractivity (Wildman–Crippen MR) is 77.3 cm³/mol. The van der Waals surface area contributed by atoms with Crippen molar-refractivity contribution in [1.29, 1.82) is 0 Å². The fourth-order valence-corrected chi connectivity index (χ4v) is 2.19. The lowest BCUT2D eigenvalue weighted by atomic mass is 9.97. The standard InChI is InChI=1S/C15H21N3O/c1-9(2)11-5-6-14(19-4)12(7-11)15-13(8-16)10(3)17-18-15/h5-7,9H,8,16H2,1-4H3,(H,17,18). The van der Waals surface area contributed by atoms with E-state index in [-0.39, 0.29) is 0 Å². The Morgan fingerprint density at radius 3 is 2.68 bits per heavy atom. The van der Waals surface area contributed by atoms with Gasteiger partial charge in [-0.1, -0.05) is 19.9 Å². The molecule has 0 saturated carbocycles. The van der Waals surface area contributed by atoms with Crippen LogP contribution in [-0.4, -0.2) is 17.3 Å². The topological polar surface area (TPSA) is 63.9 Å². The molecule has 2 rings (SSSR count). The third-order valence-corrected chi connectivity index (χ3v) is 3.42. The molecular weight excluding hydrogens is 238 g/mol. The minimum Gasteiger partial charge on any atom is -0.496 e. The van der Waals surface area contributed by atoms with Gasteiger partial charge in [-0.2, -0.15) is 5.10 Å². The van der Waals surface area contributed by atoms with E-state index in [0.29, 0.717) is 12.5 Å². The summed E-state index contributed by atoms with van der Waals surface area (Å²) in [5.41, 5.74) is 11.0. The normalized spacial score (nSPS) is 11.1. The van der Waals surface area contributed by atoms with Crippen molar-refractivity contribution in [3.63, 3.8) is 0 Å². The molecule has 0 amide bonds. The van der Waals surface area contributed by atoms with Crippen molar-refractivity contribution in [3.8, 4) is 17.0 Å². The number of aromatic nitrogens is 2. The number of aromatic amines is 1. The molecule has 0 aliphatic carbocycles. The number of methoxy groups -OCH3 is 1. The highest BCUT2D eigenvalue weighted by molar-refractivity contribution is 5.71. The van der Waals surface area contributed by atoms with E-state index in [1.807, 2.05) is 13.0 Å². The Kier molecular flexibility index (Phi) is 3.90. The van der Waals surface area contributed by atoms with Gasteiger partial charge in [0, 0.05) is 23.4 Å². The average molecular weight is 259 g/mol. The predicted octanol–water partition coefficient (Wildman–Crippen LogP) is 2.98. The zero-order chi connectivity index (χ0) is 14.0. The summed E-state index contributed by atoms with van der Waals surface area (Å²) in [7, 11) is 1.68. The van der Waals surface area contributed by atoms with Gasteiger partial charge in [-0.3, -0.25) is 5.10 Å². The second-order valence-electron chi connectivity index (χ2n) is 4.99. The maximum Gasteiger partial charge on any atom is 0.128 e. The van der Waals surface area contributed by atoms with Crippen molar-refractivity contribution in [2.24, 2.45) is 5.73 Å². The first-order valence-electron chi connectivity index (χ1n) is 6.50. The molecule has 1 aromatic heterocycles. The molecular formula is C15H21N3O. The van der Waals surface area contributed by atoms with Gasteiger partial charge in [-0.05, 0) is 30.5 Å². The monoisotopic (exact) mass is 259 g/mol. The molecule has 0 bridgehead atoms. The van der Waals surface area contributed by atoms with Gasteiger partial charge in [-0.25, -0.2) is 0 Å². The maximum absolute atomic E-state index is 5.82. The van der Waals surface area contributed by atoms with Crippen LogP contribution in [0, 0.1) is 6.92 Å². The summed E-state index contributed by atoms with van der Waals surface area (Å²) >= 11 is 0. The SMILES string of the molecule is COc1ccc(C(C)C)cc1-c1n[nH]c(C)c1CN. The Morgan fingerprint density at radius 1 is 1.37 bits per heavy atom. The van der Waals surface area contributed by atoms with Crippen LogP contribution in [0.4, 0.5) is 0 Å². The fourth-order valence-electron chi connectivity index (χ4n) is 2.19. The van der Waals surface area contributed by atoms with E-state index in [2.05, 4.69) is 36.2 Å². The van der Waals surface area contributed by atoms with Gasteiger partial charge in [-0.15, -0.1) is 0 Å². The summed E-state index contributed by atoms with van der Waals surface area (Å²) < 4.78 is 5.45. The van der Waals surface area contributed by atoms with Crippen LogP contribution in [0.25, 0.3) is 11.3 Å². The molecule has 0 aliphatic heterocycles. The van der Waals surface area contributed by atoms with Crippen LogP contribution in [-0.2, 0) is 6.54 Å². The minimum atomic E-state index is 0.464. The van der Waals surface area contributed by atoms with Crippen molar-refractivity contribution in [1.82, 2.24) is 10.2 Å². The second kappa shape index (κ2) is 5.45. The van der Waals surface area contributed by atoms with E-state index in [1.54, 1.807) is 7.11 Å². The summed E-state index contributed by atoms with van der Waals surface area (Å²) in [5.74, 6) is 1.29. The Morgan fingerprint density at radius 2 is 2.11 bits per heavy atom. The third-order valence-electron chi connectivity index (χ3n) is 3.42. The first-order valence-corrected chi connectivity index (χ1v) is 6.50. The van der Waals surface area contributed by atoms with Gasteiger partial charge >= 0.3 is 0 Å². The molecule has 0 fully saturated rings. The van der Waals surface area contributed by atoms with Crippen LogP contribution < -0.4 is 10.5 Å². The Hall–Kier alpha value is -1.81. The lowest BCUT2D eigenvalue weighted by Crippen LogP contribution is -2.00. The van der Waals surface area contributed by atoms with Crippen LogP contribution >= 0.6 is 0 Å². The van der Waals surface area contributed by atoms with Crippen molar-refractivity contribution in [2.45, 2.75) is 33.2 Å². The number of nitrogens with zero attached hydrogens (tertiary/aromatic N) is 1. The second-order valence-corrected chi connectivity index (χ2v) is 4.99. The van der Waals surface area contributed by atoms with Gasteiger partial charge in [0.2, 0.25) is 0 Å². The number of aryl methyl sites for hydroxylation is 1. The van der Waals surface area contributed by atoms with E-state index in [4.69, 9.17) is 10.5 Å². The van der Waals surface area contributed by atoms with E-state index >= 15 is 0 Å². The summed E-state index contributed by atoms with van der Waals surface area (Å²) in [5, 5.41) is 7.38. The molecule has 0 aliphatic rings. The summed E-state index contributed by atoms with van der Waals surface area (Å²) in [6.07, 6.45) is 0. The third kappa shape index (κ3) is 2.49. The summed E-state index contributed by atoms with van der Waals surface area (Å²) in [6.45, 7) is 6.79. The number of hydrogen-bond donors (Lipinski definition) is 2. The number of hydrogen-bond acceptors (Lipinski definition) is 3. The molecule has 0 saturated heterocycles. The minimum absolute atomic E-state index is 0.464.